The molecule has 1 rings (SSSR count). The number of carboxylic acids is 4. The van der Waals surface area contributed by atoms with E-state index in [4.69, 9.17) is 20.4 Å². The van der Waals surface area contributed by atoms with Crippen molar-refractivity contribution in [3.8, 4) is 0 Å². The van der Waals surface area contributed by atoms with Gasteiger partial charge >= 0.3 is 23.9 Å². The van der Waals surface area contributed by atoms with Crippen LogP contribution >= 0.6 is 0 Å². The zero-order valence-corrected chi connectivity index (χ0v) is 14.7. The zero-order chi connectivity index (χ0) is 18.8. The predicted molar refractivity (Wildman–Crippen MR) is 92.2 cm³/mol. The van der Waals surface area contributed by atoms with Crippen molar-refractivity contribution in [1.29, 1.82) is 0 Å². The number of aliphatic carboxylic acids is 4. The van der Waals surface area contributed by atoms with Crippen LogP contribution in [0.15, 0.2) is 0 Å². The van der Waals surface area contributed by atoms with E-state index in [2.05, 4.69) is 5.32 Å². The van der Waals surface area contributed by atoms with Gasteiger partial charge < -0.3 is 36.7 Å². The van der Waals surface area contributed by atoms with Crippen LogP contribution in [0.5, 0.6) is 0 Å². The summed E-state index contributed by atoms with van der Waals surface area (Å²) in [6, 6.07) is 0. The van der Waals surface area contributed by atoms with Crippen LogP contribution in [-0.2, 0) is 19.2 Å². The number of nitrogens with one attached hydrogen (secondary N) is 1. The minimum absolute atomic E-state index is 0. The maximum Gasteiger partial charge on any atom is 0.303 e. The van der Waals surface area contributed by atoms with Crippen molar-refractivity contribution in [1.82, 2.24) is 5.32 Å². The topological polar surface area (TPSA) is 224 Å². The third-order valence-electron chi connectivity index (χ3n) is 2.77. The quantitative estimate of drug-likeness (QED) is 0.312. The van der Waals surface area contributed by atoms with Crippen molar-refractivity contribution in [2.75, 3.05) is 13.1 Å². The van der Waals surface area contributed by atoms with Gasteiger partial charge in [-0.25, -0.2) is 0 Å². The van der Waals surface area contributed by atoms with E-state index >= 15 is 0 Å². The summed E-state index contributed by atoms with van der Waals surface area (Å²) >= 11 is 0. The summed E-state index contributed by atoms with van der Waals surface area (Å²) < 4.78 is 0. The predicted octanol–water partition coefficient (Wildman–Crippen LogP) is -0.238. The molecule has 0 spiro atoms. The fourth-order valence-electron chi connectivity index (χ4n) is 1.28. The Bertz CT molecular complexity index is 315. The SMILES string of the molecule is C1CNC1.O.O.O=C(O)CCCCC(=O)O.O=C(O)CCCCC(=O)O. The van der Waals surface area contributed by atoms with Crippen LogP contribution in [0.4, 0.5) is 0 Å². The van der Waals surface area contributed by atoms with Gasteiger partial charge in [0.25, 0.3) is 0 Å². The molecule has 0 unspecified atom stereocenters. The van der Waals surface area contributed by atoms with Crippen LogP contribution in [0.2, 0.25) is 0 Å². The standard InChI is InChI=1S/2C6H10O4.C3H7N.2H2O/c2*7-5(8)3-1-2-4-6(9)10;1-2-4-3-1;;/h2*1-4H2,(H,7,8)(H,9,10);4H,1-3H2;2*1H2. The summed E-state index contributed by atoms with van der Waals surface area (Å²) in [6.07, 6.45) is 3.42. The normalized spacial score (nSPS) is 10.8. The molecule has 11 nitrogen and oxygen atoms in total. The van der Waals surface area contributed by atoms with Gasteiger partial charge in [0.15, 0.2) is 0 Å². The minimum Gasteiger partial charge on any atom is -0.481 e. The maximum absolute atomic E-state index is 9.90. The Morgan fingerprint density at radius 1 is 0.577 bits per heavy atom. The van der Waals surface area contributed by atoms with Crippen molar-refractivity contribution < 1.29 is 50.6 Å². The molecular weight excluding hydrogens is 354 g/mol. The molecule has 1 saturated heterocycles. The number of unbranched alkanes of at least 4 members (excludes halogenated alkanes) is 2. The first kappa shape index (κ1) is 31.5. The number of carboxylic acid groups (broad SMARTS) is 4. The summed E-state index contributed by atoms with van der Waals surface area (Å²) in [6.45, 7) is 2.50. The van der Waals surface area contributed by atoms with Gasteiger partial charge in [0.1, 0.15) is 0 Å². The van der Waals surface area contributed by atoms with E-state index in [1.165, 1.54) is 19.5 Å². The van der Waals surface area contributed by atoms with Gasteiger partial charge in [-0.3, -0.25) is 19.2 Å². The van der Waals surface area contributed by atoms with Crippen LogP contribution in [0.3, 0.4) is 0 Å². The average Bonchev–Trinajstić information content (AvgIpc) is 2.38. The van der Waals surface area contributed by atoms with E-state index in [9.17, 15) is 19.2 Å². The minimum atomic E-state index is -0.870. The molecule has 0 saturated carbocycles. The van der Waals surface area contributed by atoms with Gasteiger partial charge in [-0.15, -0.1) is 0 Å². The molecule has 1 aliphatic rings. The van der Waals surface area contributed by atoms with Crippen molar-refractivity contribution in [2.24, 2.45) is 0 Å². The number of carbonyl (C=O) groups is 4. The molecule has 0 aromatic carbocycles. The zero-order valence-electron chi connectivity index (χ0n) is 14.7. The maximum atomic E-state index is 9.90. The summed E-state index contributed by atoms with van der Waals surface area (Å²) in [5.74, 6) is -3.48. The third-order valence-corrected chi connectivity index (χ3v) is 2.77. The lowest BCUT2D eigenvalue weighted by Crippen LogP contribution is -2.29. The van der Waals surface area contributed by atoms with Crippen LogP contribution in [0, 0.1) is 0 Å². The molecule has 1 fully saturated rings. The van der Waals surface area contributed by atoms with Gasteiger partial charge in [-0.05, 0) is 45.2 Å². The van der Waals surface area contributed by atoms with Crippen molar-refractivity contribution >= 4 is 23.9 Å². The van der Waals surface area contributed by atoms with Crippen LogP contribution < -0.4 is 5.32 Å². The fraction of sp³-hybridized carbons (Fsp3) is 0.733. The Kier molecular flexibility index (Phi) is 27.6. The van der Waals surface area contributed by atoms with Crippen LogP contribution in [-0.4, -0.2) is 68.3 Å². The molecule has 1 heterocycles. The second-order valence-corrected chi connectivity index (χ2v) is 5.09. The lowest BCUT2D eigenvalue weighted by Gasteiger charge is -2.09. The molecule has 0 aromatic rings. The summed E-state index contributed by atoms with van der Waals surface area (Å²) in [4.78, 5) is 39.6. The van der Waals surface area contributed by atoms with Gasteiger partial charge in [0, 0.05) is 25.7 Å². The van der Waals surface area contributed by atoms with Gasteiger partial charge in [0.2, 0.25) is 0 Å². The van der Waals surface area contributed by atoms with Gasteiger partial charge in [-0.1, -0.05) is 0 Å². The van der Waals surface area contributed by atoms with E-state index in [1.54, 1.807) is 0 Å². The van der Waals surface area contributed by atoms with Crippen molar-refractivity contribution in [3.05, 3.63) is 0 Å². The highest BCUT2D eigenvalue weighted by Gasteiger charge is 1.99. The molecule has 11 heteroatoms. The van der Waals surface area contributed by atoms with Gasteiger partial charge in [0.05, 0.1) is 0 Å². The third kappa shape index (κ3) is 37.8. The van der Waals surface area contributed by atoms with E-state index in [-0.39, 0.29) is 36.6 Å². The summed E-state index contributed by atoms with van der Waals surface area (Å²) in [5.41, 5.74) is 0. The second-order valence-electron chi connectivity index (χ2n) is 5.09. The first-order valence-electron chi connectivity index (χ1n) is 7.83. The molecule has 1 aliphatic heterocycles. The van der Waals surface area contributed by atoms with Crippen molar-refractivity contribution in [2.45, 2.75) is 57.8 Å². The molecule has 0 aromatic heterocycles. The molecule has 0 atom stereocenters. The first-order chi connectivity index (χ1) is 11.3. The van der Waals surface area contributed by atoms with Crippen LogP contribution in [0.25, 0.3) is 0 Å². The lowest BCUT2D eigenvalue weighted by molar-refractivity contribution is -0.139. The Labute approximate surface area is 151 Å². The highest BCUT2D eigenvalue weighted by Crippen LogP contribution is 1.99. The molecule has 0 amide bonds. The van der Waals surface area contributed by atoms with Gasteiger partial charge in [-0.2, -0.15) is 0 Å². The number of rotatable bonds is 10. The van der Waals surface area contributed by atoms with E-state index < -0.39 is 23.9 Å². The second kappa shape index (κ2) is 22.8. The van der Waals surface area contributed by atoms with Crippen molar-refractivity contribution in [3.63, 3.8) is 0 Å². The summed E-state index contributed by atoms with van der Waals surface area (Å²) in [5, 5.41) is 35.6. The van der Waals surface area contributed by atoms with Crippen LogP contribution in [0.1, 0.15) is 57.8 Å². The lowest BCUT2D eigenvalue weighted by atomic mass is 10.2. The largest absolute Gasteiger partial charge is 0.481 e. The van der Waals surface area contributed by atoms with E-state index in [0.717, 1.165) is 0 Å². The molecule has 9 N–H and O–H groups in total. The molecule has 0 aliphatic carbocycles. The summed E-state index contributed by atoms with van der Waals surface area (Å²) in [7, 11) is 0. The Hall–Kier alpha value is -2.24. The first-order valence-corrected chi connectivity index (χ1v) is 7.83. The number of hydrogen-bond donors (Lipinski definition) is 5. The Balaban J connectivity index is -0.000000144. The highest BCUT2D eigenvalue weighted by molar-refractivity contribution is 5.68. The Morgan fingerprint density at radius 3 is 0.808 bits per heavy atom. The monoisotopic (exact) mass is 385 g/mol. The smallest absolute Gasteiger partial charge is 0.303 e. The molecule has 156 valence electrons. The average molecular weight is 385 g/mol. The molecule has 26 heavy (non-hydrogen) atoms. The number of hydrogen-bond acceptors (Lipinski definition) is 5. The van der Waals surface area contributed by atoms with E-state index in [1.807, 2.05) is 0 Å². The molecule has 0 bridgehead atoms. The molecular formula is C15H31NO10. The fourth-order valence-corrected chi connectivity index (χ4v) is 1.28. The highest BCUT2D eigenvalue weighted by atomic mass is 16.4. The van der Waals surface area contributed by atoms with E-state index in [0.29, 0.717) is 25.7 Å². The molecule has 0 radical (unpaired) electrons. The Morgan fingerprint density at radius 2 is 0.731 bits per heavy atom.